The Bertz CT molecular complexity index is 6.00. The van der Waals surface area contributed by atoms with E-state index >= 15 is 0 Å². The second-order valence-corrected chi connectivity index (χ2v) is 0. The predicted molar refractivity (Wildman–Crippen MR) is 23.0 cm³/mol. The summed E-state index contributed by atoms with van der Waals surface area (Å²) in [5, 5.41) is 0. The van der Waals surface area contributed by atoms with Gasteiger partial charge in [0.15, 0.2) is 0 Å². The predicted octanol–water partition coefficient (Wildman–Crippen LogP) is -1.52. The summed E-state index contributed by atoms with van der Waals surface area (Å²) in [5.41, 5.74) is 0. The van der Waals surface area contributed by atoms with E-state index in [4.69, 9.17) is 0 Å². The van der Waals surface area contributed by atoms with Crippen LogP contribution in [-0.2, 0) is 0 Å². The van der Waals surface area contributed by atoms with Gasteiger partial charge < -0.3 is 0 Å². The average molecular weight is 125 g/mol. The first-order valence-corrected chi connectivity index (χ1v) is 0. The molecule has 0 amide bonds. The van der Waals surface area contributed by atoms with E-state index in [0.717, 1.165) is 0 Å². The van der Waals surface area contributed by atoms with Crippen molar-refractivity contribution in [1.82, 2.24) is 0 Å². The standard InChI is InChI=1S/Ca.K.2Na. The Kier molecular flexibility index (Phi) is 90.6. The van der Waals surface area contributed by atoms with Crippen LogP contribution in [0.15, 0.2) is 0 Å². The second-order valence-electron chi connectivity index (χ2n) is 0. The molecule has 0 aromatic rings. The van der Waals surface area contributed by atoms with Gasteiger partial charge in [0.05, 0.1) is 0 Å². The minimum Gasteiger partial charge on any atom is 0 e. The molecule has 0 fully saturated rings. The summed E-state index contributed by atoms with van der Waals surface area (Å²) in [5.74, 6) is 0. The molecule has 0 spiro atoms. The van der Waals surface area contributed by atoms with Gasteiger partial charge in [-0.15, -0.1) is 0 Å². The van der Waals surface area contributed by atoms with E-state index in [9.17, 15) is 0 Å². The molecule has 0 rings (SSSR count). The molecule has 0 heterocycles. The number of hydrogen-bond donors (Lipinski definition) is 0. The van der Waals surface area contributed by atoms with Crippen molar-refractivity contribution in [2.24, 2.45) is 0 Å². The van der Waals surface area contributed by atoms with E-state index in [1.807, 2.05) is 0 Å². The SMILES string of the molecule is [Ca].[K].[Na].[Na]. The minimum atomic E-state index is 0. The zero-order chi connectivity index (χ0) is 0. The van der Waals surface area contributed by atoms with Gasteiger partial charge >= 0.3 is 0 Å². The van der Waals surface area contributed by atoms with Gasteiger partial charge in [-0.3, -0.25) is 0 Å². The maximum atomic E-state index is 0. The van der Waals surface area contributed by atoms with Crippen LogP contribution in [0, 0.1) is 0 Å². The van der Waals surface area contributed by atoms with Crippen LogP contribution in [0.5, 0.6) is 0 Å². The van der Waals surface area contributed by atoms with Gasteiger partial charge in [0.2, 0.25) is 0 Å². The Labute approximate surface area is 143 Å². The molecule has 0 saturated heterocycles. The van der Waals surface area contributed by atoms with Crippen molar-refractivity contribution in [1.29, 1.82) is 0 Å². The maximum Gasteiger partial charge on any atom is 0 e. The molecular formula is CaKNa2. The molecule has 5 radical (unpaired) electrons. The van der Waals surface area contributed by atoms with Crippen molar-refractivity contribution >= 4 is 148 Å². The minimum absolute atomic E-state index is 0. The molecule has 0 aromatic heterocycles. The van der Waals surface area contributed by atoms with E-state index in [0.29, 0.717) is 0 Å². The van der Waals surface area contributed by atoms with E-state index in [1.165, 1.54) is 0 Å². The topological polar surface area (TPSA) is 0 Å². The number of rotatable bonds is 0. The summed E-state index contributed by atoms with van der Waals surface area (Å²) >= 11 is 0. The monoisotopic (exact) mass is 125 g/mol. The smallest absolute Gasteiger partial charge is 0 e. The van der Waals surface area contributed by atoms with Crippen LogP contribution in [0.1, 0.15) is 0 Å². The molecule has 0 N–H and O–H groups in total. The summed E-state index contributed by atoms with van der Waals surface area (Å²) in [6, 6.07) is 0. The van der Waals surface area contributed by atoms with Crippen molar-refractivity contribution in [2.45, 2.75) is 0 Å². The van der Waals surface area contributed by atoms with Crippen molar-refractivity contribution in [2.75, 3.05) is 0 Å². The van der Waals surface area contributed by atoms with Gasteiger partial charge in [0.1, 0.15) is 0 Å². The van der Waals surface area contributed by atoms with Crippen LogP contribution < -0.4 is 0 Å². The normalized spacial score (nSPS) is 0. The fraction of sp³-hybridized carbons (Fsp3) is 0. The first kappa shape index (κ1) is 23.1. The van der Waals surface area contributed by atoms with Gasteiger partial charge in [0.25, 0.3) is 0 Å². The first-order chi connectivity index (χ1) is 0. The quantitative estimate of drug-likeness (QED) is 0.345. The van der Waals surface area contributed by atoms with E-state index < -0.39 is 0 Å². The zero-order valence-corrected chi connectivity index (χ0v) is 13.0. The molecule has 0 aliphatic carbocycles. The van der Waals surface area contributed by atoms with Gasteiger partial charge in [-0.25, -0.2) is 0 Å². The Morgan fingerprint density at radius 2 is 0.750 bits per heavy atom. The van der Waals surface area contributed by atoms with Crippen molar-refractivity contribution in [3.8, 4) is 0 Å². The molecular weight excluding hydrogens is 125 g/mol. The fourth-order valence-electron chi connectivity index (χ4n) is 0. The van der Waals surface area contributed by atoms with Gasteiger partial charge in [0, 0.05) is 148 Å². The van der Waals surface area contributed by atoms with E-state index in [-0.39, 0.29) is 148 Å². The van der Waals surface area contributed by atoms with Gasteiger partial charge in [-0.2, -0.15) is 0 Å². The molecule has 0 saturated carbocycles. The van der Waals surface area contributed by atoms with Crippen LogP contribution in [0.25, 0.3) is 0 Å². The molecule has 4 heavy (non-hydrogen) atoms. The zero-order valence-electron chi connectivity index (χ0n) is 3.71. The average Bonchev–Trinajstić information content (AvgIpc) is 0. The Balaban J connectivity index is 0. The van der Waals surface area contributed by atoms with Gasteiger partial charge in [-0.1, -0.05) is 0 Å². The van der Waals surface area contributed by atoms with E-state index in [1.54, 1.807) is 0 Å². The fourth-order valence-corrected chi connectivity index (χ4v) is 0. The summed E-state index contributed by atoms with van der Waals surface area (Å²) in [7, 11) is 0. The van der Waals surface area contributed by atoms with Crippen LogP contribution >= 0.6 is 0 Å². The molecule has 0 aliphatic heterocycles. The Morgan fingerprint density at radius 1 is 0.750 bits per heavy atom. The van der Waals surface area contributed by atoms with Crippen LogP contribution in [0.3, 0.4) is 0 Å². The second kappa shape index (κ2) is 15.7. The third-order valence-electron chi connectivity index (χ3n) is 0. The molecule has 0 unspecified atom stereocenters. The summed E-state index contributed by atoms with van der Waals surface area (Å²) < 4.78 is 0. The van der Waals surface area contributed by atoms with Crippen molar-refractivity contribution in [3.05, 3.63) is 0 Å². The summed E-state index contributed by atoms with van der Waals surface area (Å²) in [4.78, 5) is 0. The van der Waals surface area contributed by atoms with Crippen molar-refractivity contribution < 1.29 is 0 Å². The van der Waals surface area contributed by atoms with Gasteiger partial charge in [-0.05, 0) is 0 Å². The molecule has 5 valence electrons. The number of hydrogen-bond acceptors (Lipinski definition) is 0. The molecule has 0 atom stereocenters. The maximum absolute atomic E-state index is 0. The van der Waals surface area contributed by atoms with Crippen LogP contribution in [-0.4, -0.2) is 148 Å². The van der Waals surface area contributed by atoms with Crippen LogP contribution in [0.2, 0.25) is 0 Å². The third-order valence-corrected chi connectivity index (χ3v) is 0. The molecule has 0 bridgehead atoms. The van der Waals surface area contributed by atoms with Crippen molar-refractivity contribution in [3.63, 3.8) is 0 Å². The summed E-state index contributed by atoms with van der Waals surface area (Å²) in [6.07, 6.45) is 0. The Hall–Kier alpha value is 4.90. The molecule has 0 nitrogen and oxygen atoms in total. The van der Waals surface area contributed by atoms with E-state index in [2.05, 4.69) is 0 Å². The Morgan fingerprint density at radius 3 is 0.750 bits per heavy atom. The first-order valence-electron chi connectivity index (χ1n) is 0. The molecule has 0 aliphatic rings. The largest absolute Gasteiger partial charge is 0 e. The van der Waals surface area contributed by atoms with Crippen LogP contribution in [0.4, 0.5) is 0 Å². The molecule has 4 heteroatoms. The summed E-state index contributed by atoms with van der Waals surface area (Å²) in [6.45, 7) is 0. The molecule has 0 aromatic carbocycles. The third kappa shape index (κ3) is 10.0.